The van der Waals surface area contributed by atoms with Crippen molar-refractivity contribution in [3.05, 3.63) is 55.6 Å². The SMILES string of the molecule is O=[N+]([O-])c1cc(Cl)nc(Nc2cc(F)c(Br)cc2F)c1. The number of hydrogen-bond acceptors (Lipinski definition) is 4. The van der Waals surface area contributed by atoms with Crippen LogP contribution in [0, 0.1) is 21.7 Å². The molecule has 1 aromatic carbocycles. The number of hydrogen-bond donors (Lipinski definition) is 1. The minimum atomic E-state index is -0.747. The first-order valence-corrected chi connectivity index (χ1v) is 6.27. The number of benzene rings is 1. The molecule has 2 aromatic rings. The van der Waals surface area contributed by atoms with Crippen molar-refractivity contribution in [3.63, 3.8) is 0 Å². The molecule has 5 nitrogen and oxygen atoms in total. The van der Waals surface area contributed by atoms with Crippen LogP contribution in [0.4, 0.5) is 26.0 Å². The zero-order chi connectivity index (χ0) is 14.9. The van der Waals surface area contributed by atoms with Crippen LogP contribution in [-0.4, -0.2) is 9.91 Å². The van der Waals surface area contributed by atoms with E-state index in [2.05, 4.69) is 26.2 Å². The van der Waals surface area contributed by atoms with Crippen LogP contribution in [0.15, 0.2) is 28.7 Å². The number of nitrogens with one attached hydrogen (secondary N) is 1. The Kier molecular flexibility index (Phi) is 4.15. The van der Waals surface area contributed by atoms with E-state index in [4.69, 9.17) is 11.6 Å². The van der Waals surface area contributed by atoms with Crippen molar-refractivity contribution >= 4 is 44.7 Å². The van der Waals surface area contributed by atoms with E-state index in [1.54, 1.807) is 0 Å². The maximum atomic E-state index is 13.6. The molecule has 1 aromatic heterocycles. The number of anilines is 2. The number of halogens is 4. The Hall–Kier alpha value is -1.80. The van der Waals surface area contributed by atoms with E-state index in [-0.39, 0.29) is 26.8 Å². The Balaban J connectivity index is 2.40. The van der Waals surface area contributed by atoms with E-state index in [0.717, 1.165) is 24.3 Å². The normalized spacial score (nSPS) is 10.4. The van der Waals surface area contributed by atoms with Gasteiger partial charge in [-0.05, 0) is 22.0 Å². The first-order valence-electron chi connectivity index (χ1n) is 5.10. The van der Waals surface area contributed by atoms with Gasteiger partial charge in [0.15, 0.2) is 0 Å². The fourth-order valence-electron chi connectivity index (χ4n) is 1.41. The average Bonchev–Trinajstić information content (AvgIpc) is 2.35. The number of nitrogens with zero attached hydrogens (tertiary/aromatic N) is 2. The highest BCUT2D eigenvalue weighted by Gasteiger charge is 2.13. The van der Waals surface area contributed by atoms with Gasteiger partial charge in [-0.2, -0.15) is 0 Å². The first-order chi connectivity index (χ1) is 9.36. The molecule has 0 saturated heterocycles. The van der Waals surface area contributed by atoms with E-state index in [1.807, 2.05) is 0 Å². The van der Waals surface area contributed by atoms with Crippen molar-refractivity contribution in [2.24, 2.45) is 0 Å². The summed E-state index contributed by atoms with van der Waals surface area (Å²) in [6.07, 6.45) is 0. The molecule has 0 atom stereocenters. The molecule has 0 fully saturated rings. The summed E-state index contributed by atoms with van der Waals surface area (Å²) in [6.45, 7) is 0. The van der Waals surface area contributed by atoms with E-state index in [9.17, 15) is 18.9 Å². The smallest absolute Gasteiger partial charge is 0.276 e. The van der Waals surface area contributed by atoms with Crippen LogP contribution >= 0.6 is 27.5 Å². The molecular formula is C11H5BrClF2N3O2. The molecule has 2 rings (SSSR count). The summed E-state index contributed by atoms with van der Waals surface area (Å²) in [7, 11) is 0. The second-order valence-corrected chi connectivity index (χ2v) is 4.90. The van der Waals surface area contributed by atoms with Gasteiger partial charge in [0.2, 0.25) is 0 Å². The predicted molar refractivity (Wildman–Crippen MR) is 73.2 cm³/mol. The summed E-state index contributed by atoms with van der Waals surface area (Å²) >= 11 is 8.46. The molecule has 0 aliphatic carbocycles. The summed E-state index contributed by atoms with van der Waals surface area (Å²) in [4.78, 5) is 13.8. The molecule has 0 unspecified atom stereocenters. The highest BCUT2D eigenvalue weighted by atomic mass is 79.9. The summed E-state index contributed by atoms with van der Waals surface area (Å²) in [5, 5.41) is 13.0. The maximum Gasteiger partial charge on any atom is 0.276 e. The molecule has 1 N–H and O–H groups in total. The third-order valence-electron chi connectivity index (χ3n) is 2.26. The molecule has 0 bridgehead atoms. The summed E-state index contributed by atoms with van der Waals surface area (Å²) in [6, 6.07) is 3.93. The van der Waals surface area contributed by atoms with E-state index >= 15 is 0 Å². The molecule has 0 aliphatic heterocycles. The zero-order valence-corrected chi connectivity index (χ0v) is 11.9. The Morgan fingerprint density at radius 2 is 1.95 bits per heavy atom. The van der Waals surface area contributed by atoms with Crippen LogP contribution in [0.5, 0.6) is 0 Å². The third kappa shape index (κ3) is 3.20. The van der Waals surface area contributed by atoms with Gasteiger partial charge in [-0.3, -0.25) is 10.1 Å². The lowest BCUT2D eigenvalue weighted by Crippen LogP contribution is -1.99. The summed E-state index contributed by atoms with van der Waals surface area (Å²) in [5.41, 5.74) is -0.528. The Morgan fingerprint density at radius 1 is 1.25 bits per heavy atom. The van der Waals surface area contributed by atoms with Gasteiger partial charge < -0.3 is 5.32 Å². The first kappa shape index (κ1) is 14.6. The van der Waals surface area contributed by atoms with Crippen molar-refractivity contribution in [3.8, 4) is 0 Å². The van der Waals surface area contributed by atoms with Gasteiger partial charge in [-0.15, -0.1) is 0 Å². The molecule has 20 heavy (non-hydrogen) atoms. The standard InChI is InChI=1S/C11H5BrClF2N3O2/c12-6-3-8(15)9(4-7(6)14)16-11-2-5(18(19)20)1-10(13)17-11/h1-4H,(H,16,17). The third-order valence-corrected chi connectivity index (χ3v) is 3.06. The summed E-state index contributed by atoms with van der Waals surface area (Å²) < 4.78 is 26.9. The van der Waals surface area contributed by atoms with E-state index in [1.165, 1.54) is 0 Å². The van der Waals surface area contributed by atoms with Crippen molar-refractivity contribution in [1.29, 1.82) is 0 Å². The number of rotatable bonds is 3. The van der Waals surface area contributed by atoms with E-state index < -0.39 is 16.6 Å². The van der Waals surface area contributed by atoms with Crippen LogP contribution in [-0.2, 0) is 0 Å². The van der Waals surface area contributed by atoms with Gasteiger partial charge in [-0.1, -0.05) is 11.6 Å². The quantitative estimate of drug-likeness (QED) is 0.379. The largest absolute Gasteiger partial charge is 0.337 e. The van der Waals surface area contributed by atoms with Crippen LogP contribution < -0.4 is 5.32 Å². The lowest BCUT2D eigenvalue weighted by molar-refractivity contribution is -0.384. The van der Waals surface area contributed by atoms with Crippen LogP contribution in [0.1, 0.15) is 0 Å². The monoisotopic (exact) mass is 363 g/mol. The topological polar surface area (TPSA) is 68.1 Å². The molecule has 0 aliphatic rings. The Labute approximate surface area is 124 Å². The highest BCUT2D eigenvalue weighted by Crippen LogP contribution is 2.27. The van der Waals surface area contributed by atoms with Crippen molar-refractivity contribution < 1.29 is 13.7 Å². The lowest BCUT2D eigenvalue weighted by Gasteiger charge is -2.08. The number of aromatic nitrogens is 1. The van der Waals surface area contributed by atoms with Gasteiger partial charge in [0.25, 0.3) is 5.69 Å². The number of nitro groups is 1. The maximum absolute atomic E-state index is 13.6. The Bertz CT molecular complexity index is 700. The molecule has 104 valence electrons. The predicted octanol–water partition coefficient (Wildman–Crippen LogP) is 4.43. The van der Waals surface area contributed by atoms with Crippen molar-refractivity contribution in [2.45, 2.75) is 0 Å². The van der Waals surface area contributed by atoms with Crippen molar-refractivity contribution in [2.75, 3.05) is 5.32 Å². The van der Waals surface area contributed by atoms with Crippen LogP contribution in [0.2, 0.25) is 5.15 Å². The summed E-state index contributed by atoms with van der Waals surface area (Å²) in [5.74, 6) is -1.50. The molecule has 0 spiro atoms. The van der Waals surface area contributed by atoms with Gasteiger partial charge in [-0.25, -0.2) is 13.8 Å². The second-order valence-electron chi connectivity index (χ2n) is 3.66. The molecule has 0 radical (unpaired) electrons. The number of pyridine rings is 1. The van der Waals surface area contributed by atoms with Crippen LogP contribution in [0.25, 0.3) is 0 Å². The molecule has 0 amide bonds. The minimum Gasteiger partial charge on any atom is -0.337 e. The fraction of sp³-hybridized carbons (Fsp3) is 0. The van der Waals surface area contributed by atoms with Gasteiger partial charge in [0.05, 0.1) is 27.2 Å². The van der Waals surface area contributed by atoms with E-state index in [0.29, 0.717) is 0 Å². The van der Waals surface area contributed by atoms with Gasteiger partial charge in [0, 0.05) is 6.07 Å². The Morgan fingerprint density at radius 3 is 2.60 bits per heavy atom. The lowest BCUT2D eigenvalue weighted by atomic mass is 10.3. The highest BCUT2D eigenvalue weighted by molar-refractivity contribution is 9.10. The van der Waals surface area contributed by atoms with Crippen LogP contribution in [0.3, 0.4) is 0 Å². The molecule has 0 saturated carbocycles. The fourth-order valence-corrected chi connectivity index (χ4v) is 1.93. The molecule has 9 heteroatoms. The van der Waals surface area contributed by atoms with Crippen molar-refractivity contribution in [1.82, 2.24) is 4.98 Å². The molecular weight excluding hydrogens is 359 g/mol. The molecule has 1 heterocycles. The van der Waals surface area contributed by atoms with Gasteiger partial charge in [0.1, 0.15) is 22.6 Å². The minimum absolute atomic E-state index is 0.0365. The van der Waals surface area contributed by atoms with Gasteiger partial charge >= 0.3 is 0 Å². The average molecular weight is 365 g/mol. The zero-order valence-electron chi connectivity index (χ0n) is 9.53. The second kappa shape index (κ2) is 5.68.